The number of methoxy groups -OCH3 is 2. The van der Waals surface area contributed by atoms with Crippen LogP contribution in [0.1, 0.15) is 75.2 Å². The molecular weight excluding hydrogens is 504 g/mol. The van der Waals surface area contributed by atoms with Crippen LogP contribution >= 0.6 is 0 Å². The van der Waals surface area contributed by atoms with Crippen molar-refractivity contribution in [2.75, 3.05) is 19.5 Å². The number of carbonyl (C=O) groups is 2. The smallest absolute Gasteiger partial charge is 0.343 e. The molecule has 0 radical (unpaired) electrons. The van der Waals surface area contributed by atoms with Gasteiger partial charge in [-0.3, -0.25) is 9.59 Å². The predicted octanol–water partition coefficient (Wildman–Crippen LogP) is 6.42. The first-order chi connectivity index (χ1) is 19.0. The number of nitrogens with zero attached hydrogens (tertiary/aromatic N) is 1. The second-order valence-electron chi connectivity index (χ2n) is 13.0. The lowest BCUT2D eigenvalue weighted by atomic mass is 9.55. The Morgan fingerprint density at radius 1 is 0.975 bits per heavy atom. The van der Waals surface area contributed by atoms with Gasteiger partial charge in [0.1, 0.15) is 11.3 Å². The van der Waals surface area contributed by atoms with Gasteiger partial charge in [-0.15, -0.1) is 0 Å². The van der Waals surface area contributed by atoms with E-state index in [1.807, 2.05) is 42.5 Å². The molecule has 2 atom stereocenters. The van der Waals surface area contributed by atoms with Crippen LogP contribution < -0.4 is 15.6 Å². The molecule has 2 bridgehead atoms. The third kappa shape index (κ3) is 5.79. The highest BCUT2D eigenvalue weighted by molar-refractivity contribution is 6.03. The minimum atomic E-state index is -0.708. The number of carbonyl (C=O) groups excluding carboxylic acids is 2. The lowest BCUT2D eigenvalue weighted by Gasteiger charge is -2.50. The fraction of sp³-hybridized carbons (Fsp3) is 0.485. The molecule has 0 saturated heterocycles. The average Bonchev–Trinajstić information content (AvgIpc) is 2.88. The lowest BCUT2D eigenvalue weighted by Crippen LogP contribution is -2.41. The number of nitrogens with one attached hydrogen (secondary N) is 1. The monoisotopic (exact) mass is 544 g/mol. The molecule has 2 aliphatic rings. The summed E-state index contributed by atoms with van der Waals surface area (Å²) in [4.78, 5) is 39.5. The van der Waals surface area contributed by atoms with Gasteiger partial charge in [0.05, 0.1) is 32.0 Å². The van der Waals surface area contributed by atoms with E-state index in [2.05, 4.69) is 26.1 Å². The summed E-state index contributed by atoms with van der Waals surface area (Å²) in [6, 6.07) is 14.5. The Labute approximate surface area is 235 Å². The number of benzene rings is 2. The molecule has 1 heterocycles. The van der Waals surface area contributed by atoms with Crippen LogP contribution in [0, 0.1) is 22.7 Å². The fourth-order valence-electron chi connectivity index (χ4n) is 7.64. The Morgan fingerprint density at radius 2 is 1.65 bits per heavy atom. The first-order valence-electron chi connectivity index (χ1n) is 14.2. The Bertz CT molecular complexity index is 1470. The molecule has 40 heavy (non-hydrogen) atoms. The predicted molar refractivity (Wildman–Crippen MR) is 157 cm³/mol. The van der Waals surface area contributed by atoms with E-state index in [1.165, 1.54) is 26.4 Å². The molecule has 2 unspecified atom stereocenters. The summed E-state index contributed by atoms with van der Waals surface area (Å²) in [7, 11) is 2.86. The Morgan fingerprint density at radius 3 is 2.27 bits per heavy atom. The summed E-state index contributed by atoms with van der Waals surface area (Å²) in [5.41, 5.74) is 1.93. The summed E-state index contributed by atoms with van der Waals surface area (Å²) in [5, 5.41) is 3.75. The number of amides is 1. The number of aromatic nitrogens is 1. The molecule has 0 spiro atoms. The lowest BCUT2D eigenvalue weighted by molar-refractivity contribution is -0.120. The summed E-state index contributed by atoms with van der Waals surface area (Å²) >= 11 is 0. The van der Waals surface area contributed by atoms with E-state index >= 15 is 0 Å². The standard InChI is InChI=1S/C33H40N2O5/c1-32(2)15-22-13-23(16-32)18-33(3,17-22)19-29(36)34-27-7-6-8-28-25(27)14-26(31(38)40-5)30(37)35(28)20-21-9-11-24(39-4)12-10-21/h6-12,14,22-23H,13,15-20H2,1-5H3,(H,34,36). The number of hydrogen-bond acceptors (Lipinski definition) is 5. The van der Waals surface area contributed by atoms with Crippen molar-refractivity contribution in [2.24, 2.45) is 22.7 Å². The van der Waals surface area contributed by atoms with Gasteiger partial charge in [0, 0.05) is 11.8 Å². The van der Waals surface area contributed by atoms with E-state index in [0.717, 1.165) is 18.4 Å². The molecular formula is C33H40N2O5. The third-order valence-corrected chi connectivity index (χ3v) is 8.82. The van der Waals surface area contributed by atoms with Crippen LogP contribution in [-0.2, 0) is 16.1 Å². The van der Waals surface area contributed by atoms with Gasteiger partial charge in [0.2, 0.25) is 5.91 Å². The molecule has 2 saturated carbocycles. The van der Waals surface area contributed by atoms with Crippen molar-refractivity contribution in [1.29, 1.82) is 0 Å². The average molecular weight is 545 g/mol. The van der Waals surface area contributed by atoms with E-state index in [9.17, 15) is 14.4 Å². The van der Waals surface area contributed by atoms with Crippen molar-refractivity contribution in [2.45, 2.75) is 65.8 Å². The normalized spacial score (nSPS) is 23.4. The van der Waals surface area contributed by atoms with Crippen LogP contribution in [0.3, 0.4) is 0 Å². The van der Waals surface area contributed by atoms with Crippen molar-refractivity contribution in [3.63, 3.8) is 0 Å². The second-order valence-corrected chi connectivity index (χ2v) is 13.0. The molecule has 5 rings (SSSR count). The van der Waals surface area contributed by atoms with E-state index in [4.69, 9.17) is 9.47 Å². The first kappa shape index (κ1) is 27.9. The SMILES string of the molecule is COC(=O)c1cc2c(NC(=O)CC3(C)CC4CC(CC(C)(C)C4)C3)cccc2n(Cc2ccc(OC)cc2)c1=O. The number of esters is 1. The Balaban J connectivity index is 1.45. The van der Waals surface area contributed by atoms with Gasteiger partial charge in [-0.25, -0.2) is 4.79 Å². The molecule has 7 heteroatoms. The molecule has 2 aromatic carbocycles. The molecule has 2 fully saturated rings. The molecule has 0 aliphatic heterocycles. The van der Waals surface area contributed by atoms with E-state index < -0.39 is 11.5 Å². The molecule has 1 aromatic heterocycles. The van der Waals surface area contributed by atoms with E-state index in [-0.39, 0.29) is 23.4 Å². The van der Waals surface area contributed by atoms with Gasteiger partial charge in [-0.2, -0.15) is 0 Å². The van der Waals surface area contributed by atoms with Gasteiger partial charge >= 0.3 is 5.97 Å². The van der Waals surface area contributed by atoms with Gasteiger partial charge in [-0.05, 0) is 90.7 Å². The minimum Gasteiger partial charge on any atom is -0.497 e. The van der Waals surface area contributed by atoms with Crippen molar-refractivity contribution >= 4 is 28.5 Å². The maximum Gasteiger partial charge on any atom is 0.343 e. The molecule has 2 aliphatic carbocycles. The maximum atomic E-state index is 13.5. The molecule has 1 amide bonds. The summed E-state index contributed by atoms with van der Waals surface area (Å²) in [5.74, 6) is 1.32. The number of pyridine rings is 1. The van der Waals surface area contributed by atoms with Gasteiger partial charge in [0.25, 0.3) is 5.56 Å². The largest absolute Gasteiger partial charge is 0.497 e. The van der Waals surface area contributed by atoms with Crippen LogP contribution in [-0.4, -0.2) is 30.7 Å². The van der Waals surface area contributed by atoms with Crippen LogP contribution in [0.15, 0.2) is 53.3 Å². The molecule has 212 valence electrons. The zero-order valence-electron chi connectivity index (χ0n) is 24.2. The van der Waals surface area contributed by atoms with Crippen LogP contribution in [0.2, 0.25) is 0 Å². The van der Waals surface area contributed by atoms with Crippen LogP contribution in [0.25, 0.3) is 10.9 Å². The maximum absolute atomic E-state index is 13.5. The van der Waals surface area contributed by atoms with Gasteiger partial charge in [0.15, 0.2) is 0 Å². The zero-order valence-corrected chi connectivity index (χ0v) is 24.2. The number of rotatable bonds is 7. The first-order valence-corrected chi connectivity index (χ1v) is 14.2. The van der Waals surface area contributed by atoms with Crippen molar-refractivity contribution in [1.82, 2.24) is 4.57 Å². The summed E-state index contributed by atoms with van der Waals surface area (Å²) < 4.78 is 11.7. The third-order valence-electron chi connectivity index (χ3n) is 8.82. The Kier molecular flexibility index (Phi) is 7.51. The highest BCUT2D eigenvalue weighted by Crippen LogP contribution is 2.55. The molecule has 1 N–H and O–H groups in total. The van der Waals surface area contributed by atoms with Crippen molar-refractivity contribution in [3.05, 3.63) is 70.0 Å². The molecule has 3 aromatic rings. The number of hydrogen-bond donors (Lipinski definition) is 1. The number of fused-ring (bicyclic) bond motifs is 3. The van der Waals surface area contributed by atoms with Crippen molar-refractivity contribution in [3.8, 4) is 5.75 Å². The highest BCUT2D eigenvalue weighted by atomic mass is 16.5. The molecule has 7 nitrogen and oxygen atoms in total. The summed E-state index contributed by atoms with van der Waals surface area (Å²) in [6.07, 6.45) is 6.34. The second kappa shape index (κ2) is 10.8. The number of ether oxygens (including phenoxy) is 2. The van der Waals surface area contributed by atoms with Crippen LogP contribution in [0.5, 0.6) is 5.75 Å². The zero-order chi connectivity index (χ0) is 28.7. The topological polar surface area (TPSA) is 86.6 Å². The van der Waals surface area contributed by atoms with Crippen molar-refractivity contribution < 1.29 is 19.1 Å². The Hall–Kier alpha value is -3.61. The summed E-state index contributed by atoms with van der Waals surface area (Å²) in [6.45, 7) is 7.26. The van der Waals surface area contributed by atoms with Gasteiger partial charge in [-0.1, -0.05) is 39.0 Å². The highest BCUT2D eigenvalue weighted by Gasteiger charge is 2.44. The quantitative estimate of drug-likeness (QED) is 0.347. The van der Waals surface area contributed by atoms with Gasteiger partial charge < -0.3 is 19.4 Å². The van der Waals surface area contributed by atoms with E-state index in [0.29, 0.717) is 46.0 Å². The fourth-order valence-corrected chi connectivity index (χ4v) is 7.64. The number of anilines is 1. The minimum absolute atomic E-state index is 0.0353. The van der Waals surface area contributed by atoms with Crippen LogP contribution in [0.4, 0.5) is 5.69 Å². The van der Waals surface area contributed by atoms with E-state index in [1.54, 1.807) is 17.7 Å².